The third kappa shape index (κ3) is 2.41. The molecule has 1 aromatic carbocycles. The maximum absolute atomic E-state index is 12.5. The fraction of sp³-hybridized carbons (Fsp3) is 0.312. The first-order valence-corrected chi connectivity index (χ1v) is 7.05. The van der Waals surface area contributed by atoms with Crippen molar-refractivity contribution in [3.63, 3.8) is 0 Å². The predicted octanol–water partition coefficient (Wildman–Crippen LogP) is 3.22. The molecule has 0 radical (unpaired) electrons. The van der Waals surface area contributed by atoms with Crippen molar-refractivity contribution in [1.29, 1.82) is 0 Å². The van der Waals surface area contributed by atoms with Crippen molar-refractivity contribution < 1.29 is 4.79 Å². The maximum atomic E-state index is 12.5. The number of rotatable bonds is 4. The van der Waals surface area contributed by atoms with Gasteiger partial charge in [0.25, 0.3) is 5.91 Å². The number of anilines is 2. The number of carbonyl (C=O) groups excluding carboxylic acids is 1. The van der Waals surface area contributed by atoms with E-state index in [4.69, 9.17) is 5.73 Å². The van der Waals surface area contributed by atoms with Gasteiger partial charge in [-0.05, 0) is 37.0 Å². The lowest BCUT2D eigenvalue weighted by molar-refractivity contribution is 0.101. The molecule has 0 aliphatic heterocycles. The third-order valence-electron chi connectivity index (χ3n) is 3.69. The first kappa shape index (κ1) is 12.8. The molecule has 20 heavy (non-hydrogen) atoms. The summed E-state index contributed by atoms with van der Waals surface area (Å²) in [5.74, 6) is -0.0884. The second-order valence-corrected chi connectivity index (χ2v) is 5.26. The molecule has 104 valence electrons. The van der Waals surface area contributed by atoms with Gasteiger partial charge in [0.2, 0.25) is 0 Å². The summed E-state index contributed by atoms with van der Waals surface area (Å²) in [5, 5.41) is 3.00. The number of nitrogens with zero attached hydrogens (tertiary/aromatic N) is 1. The summed E-state index contributed by atoms with van der Waals surface area (Å²) in [4.78, 5) is 12.5. The largest absolute Gasteiger partial charge is 0.397 e. The number of nitrogens with two attached hydrogens (primary N) is 1. The van der Waals surface area contributed by atoms with Crippen LogP contribution in [0.2, 0.25) is 0 Å². The average Bonchev–Trinajstić information content (AvgIpc) is 3.22. The summed E-state index contributed by atoms with van der Waals surface area (Å²) in [7, 11) is 0. The molecule has 0 saturated heterocycles. The summed E-state index contributed by atoms with van der Waals surface area (Å²) in [6.07, 6.45) is 5.00. The first-order chi connectivity index (χ1) is 9.69. The molecule has 2 aromatic rings. The van der Waals surface area contributed by atoms with Gasteiger partial charge in [-0.1, -0.05) is 25.1 Å². The van der Waals surface area contributed by atoms with Crippen molar-refractivity contribution in [2.75, 3.05) is 11.1 Å². The molecular formula is C16H19N3O. The molecule has 1 aromatic heterocycles. The van der Waals surface area contributed by atoms with Gasteiger partial charge in [0, 0.05) is 17.9 Å². The molecule has 4 heteroatoms. The van der Waals surface area contributed by atoms with Crippen LogP contribution in [0.25, 0.3) is 0 Å². The van der Waals surface area contributed by atoms with Crippen molar-refractivity contribution in [2.24, 2.45) is 0 Å². The number of nitrogens with one attached hydrogen (secondary N) is 1. The molecule has 1 fully saturated rings. The second kappa shape index (κ2) is 5.04. The van der Waals surface area contributed by atoms with Crippen LogP contribution in [0.1, 0.15) is 41.9 Å². The predicted molar refractivity (Wildman–Crippen MR) is 80.9 cm³/mol. The zero-order valence-corrected chi connectivity index (χ0v) is 11.6. The van der Waals surface area contributed by atoms with Gasteiger partial charge in [-0.3, -0.25) is 4.79 Å². The Labute approximate surface area is 118 Å². The van der Waals surface area contributed by atoms with E-state index in [0.29, 0.717) is 17.4 Å². The Morgan fingerprint density at radius 1 is 1.40 bits per heavy atom. The molecule has 1 saturated carbocycles. The van der Waals surface area contributed by atoms with Gasteiger partial charge in [-0.2, -0.15) is 0 Å². The van der Waals surface area contributed by atoms with E-state index in [1.165, 1.54) is 0 Å². The fourth-order valence-corrected chi connectivity index (χ4v) is 2.47. The number of carbonyl (C=O) groups is 1. The Kier molecular flexibility index (Phi) is 3.22. The van der Waals surface area contributed by atoms with E-state index >= 15 is 0 Å². The smallest absolute Gasteiger partial charge is 0.272 e. The van der Waals surface area contributed by atoms with Gasteiger partial charge < -0.3 is 15.6 Å². The molecule has 1 heterocycles. The molecule has 4 nitrogen and oxygen atoms in total. The highest BCUT2D eigenvalue weighted by Gasteiger charge is 2.27. The minimum absolute atomic E-state index is 0.0884. The van der Waals surface area contributed by atoms with E-state index in [0.717, 1.165) is 30.5 Å². The van der Waals surface area contributed by atoms with E-state index in [-0.39, 0.29) is 5.91 Å². The summed E-state index contributed by atoms with van der Waals surface area (Å²) in [6, 6.07) is 10.1. The van der Waals surface area contributed by atoms with Gasteiger partial charge in [0.05, 0.1) is 5.69 Å². The van der Waals surface area contributed by atoms with Crippen LogP contribution >= 0.6 is 0 Å². The van der Waals surface area contributed by atoms with Gasteiger partial charge >= 0.3 is 0 Å². The number of benzene rings is 1. The topological polar surface area (TPSA) is 60.1 Å². The highest BCUT2D eigenvalue weighted by molar-refractivity contribution is 6.04. The van der Waals surface area contributed by atoms with Crippen LogP contribution in [0.5, 0.6) is 0 Å². The quantitative estimate of drug-likeness (QED) is 0.895. The minimum Gasteiger partial charge on any atom is -0.397 e. The Hall–Kier alpha value is -2.23. The highest BCUT2D eigenvalue weighted by atomic mass is 16.2. The number of nitrogen functional groups attached to an aromatic ring is 1. The average molecular weight is 269 g/mol. The standard InChI is InChI=1S/C16H19N3O/c1-2-11-5-3-4-6-14(11)18-16(20)15-9-12(17)10-19(15)13-7-8-13/h3-6,9-10,13H,2,7-8,17H2,1H3,(H,18,20). The van der Waals surface area contributed by atoms with Crippen LogP contribution < -0.4 is 11.1 Å². The zero-order valence-electron chi connectivity index (χ0n) is 11.6. The van der Waals surface area contributed by atoms with E-state index in [9.17, 15) is 4.79 Å². The molecule has 0 spiro atoms. The lowest BCUT2D eigenvalue weighted by Crippen LogP contribution is -2.17. The van der Waals surface area contributed by atoms with E-state index in [2.05, 4.69) is 12.2 Å². The Morgan fingerprint density at radius 2 is 2.15 bits per heavy atom. The number of aromatic nitrogens is 1. The minimum atomic E-state index is -0.0884. The summed E-state index contributed by atoms with van der Waals surface area (Å²) < 4.78 is 2.00. The summed E-state index contributed by atoms with van der Waals surface area (Å²) >= 11 is 0. The number of para-hydroxylation sites is 1. The number of hydrogen-bond acceptors (Lipinski definition) is 2. The van der Waals surface area contributed by atoms with E-state index in [1.54, 1.807) is 6.07 Å². The lowest BCUT2D eigenvalue weighted by Gasteiger charge is -2.11. The van der Waals surface area contributed by atoms with Crippen molar-refractivity contribution in [2.45, 2.75) is 32.2 Å². The van der Waals surface area contributed by atoms with Crippen LogP contribution in [0.4, 0.5) is 11.4 Å². The van der Waals surface area contributed by atoms with Crippen molar-refractivity contribution >= 4 is 17.3 Å². The molecule has 1 amide bonds. The van der Waals surface area contributed by atoms with Crippen LogP contribution in [0.3, 0.4) is 0 Å². The van der Waals surface area contributed by atoms with Gasteiger partial charge in [0.1, 0.15) is 5.69 Å². The van der Waals surface area contributed by atoms with Gasteiger partial charge in [-0.15, -0.1) is 0 Å². The SMILES string of the molecule is CCc1ccccc1NC(=O)c1cc(N)cn1C1CC1. The van der Waals surface area contributed by atoms with Gasteiger partial charge in [0.15, 0.2) is 0 Å². The third-order valence-corrected chi connectivity index (χ3v) is 3.69. The highest BCUT2D eigenvalue weighted by Crippen LogP contribution is 2.37. The van der Waals surface area contributed by atoms with E-state index < -0.39 is 0 Å². The fourth-order valence-electron chi connectivity index (χ4n) is 2.47. The van der Waals surface area contributed by atoms with Crippen molar-refractivity contribution in [1.82, 2.24) is 4.57 Å². The Bertz CT molecular complexity index is 641. The van der Waals surface area contributed by atoms with Crippen LogP contribution in [0, 0.1) is 0 Å². The molecule has 3 rings (SSSR count). The molecular weight excluding hydrogens is 250 g/mol. The number of aryl methyl sites for hydroxylation is 1. The van der Waals surface area contributed by atoms with Crippen LogP contribution in [-0.2, 0) is 6.42 Å². The molecule has 1 aliphatic carbocycles. The van der Waals surface area contributed by atoms with Crippen LogP contribution in [-0.4, -0.2) is 10.5 Å². The van der Waals surface area contributed by atoms with Crippen molar-refractivity contribution in [3.05, 3.63) is 47.8 Å². The molecule has 0 bridgehead atoms. The zero-order chi connectivity index (χ0) is 14.1. The normalized spacial score (nSPS) is 14.2. The maximum Gasteiger partial charge on any atom is 0.272 e. The van der Waals surface area contributed by atoms with Crippen LogP contribution in [0.15, 0.2) is 36.5 Å². The Balaban J connectivity index is 1.86. The lowest BCUT2D eigenvalue weighted by atomic mass is 10.1. The molecule has 0 unspecified atom stereocenters. The second-order valence-electron chi connectivity index (χ2n) is 5.26. The number of hydrogen-bond donors (Lipinski definition) is 2. The molecule has 1 aliphatic rings. The molecule has 3 N–H and O–H groups in total. The first-order valence-electron chi connectivity index (χ1n) is 7.05. The Morgan fingerprint density at radius 3 is 2.85 bits per heavy atom. The van der Waals surface area contributed by atoms with Gasteiger partial charge in [-0.25, -0.2) is 0 Å². The van der Waals surface area contributed by atoms with Crippen molar-refractivity contribution in [3.8, 4) is 0 Å². The monoisotopic (exact) mass is 269 g/mol. The van der Waals surface area contributed by atoms with E-state index in [1.807, 2.05) is 35.0 Å². The summed E-state index contributed by atoms with van der Waals surface area (Å²) in [6.45, 7) is 2.08. The summed E-state index contributed by atoms with van der Waals surface area (Å²) in [5.41, 5.74) is 9.14. The molecule has 0 atom stereocenters. The number of amides is 1.